The van der Waals surface area contributed by atoms with Gasteiger partial charge in [0.2, 0.25) is 0 Å². The van der Waals surface area contributed by atoms with Crippen molar-refractivity contribution in [2.75, 3.05) is 19.5 Å². The molecular formula is C31H26N4O6S. The van der Waals surface area contributed by atoms with Crippen molar-refractivity contribution in [2.45, 2.75) is 17.5 Å². The number of anilines is 1. The molecule has 11 heteroatoms. The summed E-state index contributed by atoms with van der Waals surface area (Å²) in [6.45, 7) is 0.293. The molecule has 0 spiro atoms. The van der Waals surface area contributed by atoms with Crippen molar-refractivity contribution in [3.8, 4) is 11.5 Å². The van der Waals surface area contributed by atoms with Gasteiger partial charge < -0.3 is 14.8 Å². The van der Waals surface area contributed by atoms with E-state index in [1.165, 1.54) is 38.1 Å². The van der Waals surface area contributed by atoms with Gasteiger partial charge >= 0.3 is 0 Å². The molecule has 0 bridgehead atoms. The molecule has 0 aliphatic rings. The Kier molecular flexibility index (Phi) is 8.49. The van der Waals surface area contributed by atoms with Crippen LogP contribution in [0.25, 0.3) is 10.9 Å². The van der Waals surface area contributed by atoms with Crippen molar-refractivity contribution in [3.63, 3.8) is 0 Å². The van der Waals surface area contributed by atoms with E-state index >= 15 is 0 Å². The first-order chi connectivity index (χ1) is 20.4. The van der Waals surface area contributed by atoms with Crippen molar-refractivity contribution in [1.82, 2.24) is 9.55 Å². The molecule has 0 unspecified atom stereocenters. The summed E-state index contributed by atoms with van der Waals surface area (Å²) >= 11 is 1.30. The molecule has 10 nitrogen and oxygen atoms in total. The first-order valence-corrected chi connectivity index (χ1v) is 13.8. The number of rotatable bonds is 10. The minimum absolute atomic E-state index is 0.00798. The van der Waals surface area contributed by atoms with E-state index in [1.807, 2.05) is 30.3 Å². The van der Waals surface area contributed by atoms with Gasteiger partial charge in [-0.05, 0) is 41.5 Å². The SMILES string of the molecule is COc1ccc(NC(=O)c2ccc3c(=O)n(Cc4ccccc4)c(SCc4cccc([N+](=O)[O-])c4)nc3c2)cc1OC. The number of fused-ring (bicyclic) bond motifs is 1. The number of carbonyl (C=O) groups excluding carboxylic acids is 1. The molecule has 212 valence electrons. The number of non-ortho nitro benzene ring substituents is 1. The zero-order valence-electron chi connectivity index (χ0n) is 22.8. The Hall–Kier alpha value is -5.16. The topological polar surface area (TPSA) is 126 Å². The van der Waals surface area contributed by atoms with Gasteiger partial charge in [-0.3, -0.25) is 24.3 Å². The van der Waals surface area contributed by atoms with Crippen LogP contribution in [-0.4, -0.2) is 34.6 Å². The first-order valence-electron chi connectivity index (χ1n) is 12.8. The van der Waals surface area contributed by atoms with Gasteiger partial charge in [0, 0.05) is 35.2 Å². The second-order valence-corrected chi connectivity index (χ2v) is 10.2. The highest BCUT2D eigenvalue weighted by atomic mass is 32.2. The van der Waals surface area contributed by atoms with Crippen LogP contribution in [0.5, 0.6) is 11.5 Å². The molecule has 0 saturated heterocycles. The number of carbonyl (C=O) groups is 1. The monoisotopic (exact) mass is 582 g/mol. The minimum atomic E-state index is -0.442. The lowest BCUT2D eigenvalue weighted by Crippen LogP contribution is -2.24. The van der Waals surface area contributed by atoms with Crippen LogP contribution in [0, 0.1) is 10.1 Å². The number of ether oxygens (including phenoxy) is 2. The van der Waals surface area contributed by atoms with E-state index in [1.54, 1.807) is 53.1 Å². The van der Waals surface area contributed by atoms with Crippen LogP contribution in [0.2, 0.25) is 0 Å². The lowest BCUT2D eigenvalue weighted by Gasteiger charge is -2.14. The molecule has 5 rings (SSSR count). The molecule has 5 aromatic rings. The van der Waals surface area contributed by atoms with Crippen molar-refractivity contribution < 1.29 is 19.2 Å². The maximum Gasteiger partial charge on any atom is 0.269 e. The molecule has 1 amide bonds. The number of methoxy groups -OCH3 is 2. The largest absolute Gasteiger partial charge is 0.493 e. The maximum atomic E-state index is 13.7. The number of hydrogen-bond acceptors (Lipinski definition) is 8. The molecule has 0 radical (unpaired) electrons. The van der Waals surface area contributed by atoms with Crippen LogP contribution in [0.4, 0.5) is 11.4 Å². The Morgan fingerprint density at radius 3 is 2.43 bits per heavy atom. The van der Waals surface area contributed by atoms with Crippen LogP contribution >= 0.6 is 11.8 Å². The fourth-order valence-electron chi connectivity index (χ4n) is 4.38. The third kappa shape index (κ3) is 6.26. The molecule has 0 aliphatic carbocycles. The van der Waals surface area contributed by atoms with E-state index in [4.69, 9.17) is 14.5 Å². The Balaban J connectivity index is 1.49. The van der Waals surface area contributed by atoms with Gasteiger partial charge in [0.15, 0.2) is 16.7 Å². The van der Waals surface area contributed by atoms with E-state index < -0.39 is 4.92 Å². The zero-order chi connectivity index (χ0) is 29.6. The number of nitro benzene ring substituents is 1. The standard InChI is InChI=1S/C31H26N4O6S/c1-40-27-14-12-23(17-28(27)41-2)32-29(36)22-11-13-25-26(16-22)33-31(34(30(25)37)18-20-7-4-3-5-8-20)42-19-21-9-6-10-24(15-21)35(38)39/h3-17H,18-19H2,1-2H3,(H,32,36). The van der Waals surface area contributed by atoms with Crippen LogP contribution in [0.3, 0.4) is 0 Å². The van der Waals surface area contributed by atoms with Crippen LogP contribution < -0.4 is 20.3 Å². The molecule has 0 atom stereocenters. The summed E-state index contributed by atoms with van der Waals surface area (Å²) in [6.07, 6.45) is 0. The van der Waals surface area contributed by atoms with Crippen LogP contribution in [0.1, 0.15) is 21.5 Å². The van der Waals surface area contributed by atoms with Gasteiger partial charge in [0.25, 0.3) is 17.2 Å². The molecule has 0 aliphatic heterocycles. The number of nitrogens with zero attached hydrogens (tertiary/aromatic N) is 3. The van der Waals surface area contributed by atoms with Gasteiger partial charge in [-0.2, -0.15) is 0 Å². The number of aromatic nitrogens is 2. The average Bonchev–Trinajstić information content (AvgIpc) is 3.01. The normalized spacial score (nSPS) is 10.8. The van der Waals surface area contributed by atoms with Gasteiger partial charge in [0.1, 0.15) is 0 Å². The molecule has 0 fully saturated rings. The smallest absolute Gasteiger partial charge is 0.269 e. The summed E-state index contributed by atoms with van der Waals surface area (Å²) in [5, 5.41) is 14.9. The second-order valence-electron chi connectivity index (χ2n) is 9.24. The van der Waals surface area contributed by atoms with Crippen molar-refractivity contribution >= 4 is 39.9 Å². The quantitative estimate of drug-likeness (QED) is 0.0932. The fourth-order valence-corrected chi connectivity index (χ4v) is 5.32. The third-order valence-corrected chi connectivity index (χ3v) is 7.54. The average molecular weight is 583 g/mol. The summed E-state index contributed by atoms with van der Waals surface area (Å²) in [4.78, 5) is 42.4. The molecule has 1 heterocycles. The number of amides is 1. The molecule has 4 aromatic carbocycles. The zero-order valence-corrected chi connectivity index (χ0v) is 23.6. The van der Waals surface area contributed by atoms with E-state index in [2.05, 4.69) is 5.32 Å². The fraction of sp³-hybridized carbons (Fsp3) is 0.129. The maximum absolute atomic E-state index is 13.7. The highest BCUT2D eigenvalue weighted by Gasteiger charge is 2.16. The van der Waals surface area contributed by atoms with Crippen LogP contribution in [-0.2, 0) is 12.3 Å². The lowest BCUT2D eigenvalue weighted by atomic mass is 10.1. The van der Waals surface area contributed by atoms with Crippen molar-refractivity contribution in [1.29, 1.82) is 0 Å². The van der Waals surface area contributed by atoms with Crippen molar-refractivity contribution in [2.24, 2.45) is 0 Å². The summed E-state index contributed by atoms with van der Waals surface area (Å²) < 4.78 is 12.2. The van der Waals surface area contributed by atoms with Gasteiger partial charge in [0.05, 0.1) is 36.6 Å². The van der Waals surface area contributed by atoms with Gasteiger partial charge in [-0.1, -0.05) is 54.2 Å². The molecule has 1 aromatic heterocycles. The predicted octanol–water partition coefficient (Wildman–Crippen LogP) is 5.91. The highest BCUT2D eigenvalue weighted by Crippen LogP contribution is 2.30. The summed E-state index contributed by atoms with van der Waals surface area (Å²) in [5.74, 6) is 0.978. The van der Waals surface area contributed by atoms with Gasteiger partial charge in [-0.25, -0.2) is 4.98 Å². The van der Waals surface area contributed by atoms with E-state index in [-0.39, 0.29) is 17.2 Å². The Morgan fingerprint density at radius 1 is 0.929 bits per heavy atom. The summed E-state index contributed by atoms with van der Waals surface area (Å²) in [5.41, 5.74) is 2.58. The molecule has 0 saturated carbocycles. The molecule has 42 heavy (non-hydrogen) atoms. The Bertz CT molecular complexity index is 1840. The minimum Gasteiger partial charge on any atom is -0.493 e. The number of hydrogen-bond donors (Lipinski definition) is 1. The molecular weight excluding hydrogens is 556 g/mol. The van der Waals surface area contributed by atoms with E-state index in [9.17, 15) is 19.7 Å². The predicted molar refractivity (Wildman–Crippen MR) is 162 cm³/mol. The lowest BCUT2D eigenvalue weighted by molar-refractivity contribution is -0.384. The van der Waals surface area contributed by atoms with E-state index in [0.717, 1.165) is 11.1 Å². The van der Waals surface area contributed by atoms with Crippen molar-refractivity contribution in [3.05, 3.63) is 128 Å². The summed E-state index contributed by atoms with van der Waals surface area (Å²) in [7, 11) is 3.04. The highest BCUT2D eigenvalue weighted by molar-refractivity contribution is 7.98. The number of nitro groups is 1. The second kappa shape index (κ2) is 12.6. The first kappa shape index (κ1) is 28.4. The molecule has 1 N–H and O–H groups in total. The summed E-state index contributed by atoms with van der Waals surface area (Å²) in [6, 6.07) is 25.7. The van der Waals surface area contributed by atoms with E-state index in [0.29, 0.717) is 51.1 Å². The Morgan fingerprint density at radius 2 is 1.69 bits per heavy atom. The number of thioether (sulfide) groups is 1. The third-order valence-electron chi connectivity index (χ3n) is 6.50. The Labute approximate surface area is 245 Å². The van der Waals surface area contributed by atoms with Crippen LogP contribution in [0.15, 0.2) is 101 Å². The number of nitrogens with one attached hydrogen (secondary N) is 1. The number of benzene rings is 4. The van der Waals surface area contributed by atoms with Gasteiger partial charge in [-0.15, -0.1) is 0 Å².